The second-order valence-corrected chi connectivity index (χ2v) is 3.44. The summed E-state index contributed by atoms with van der Waals surface area (Å²) in [6, 6.07) is 5.40. The maximum atomic E-state index is 8.61. The van der Waals surface area contributed by atoms with E-state index >= 15 is 0 Å². The highest BCUT2D eigenvalue weighted by Crippen LogP contribution is 2.10. The minimum absolute atomic E-state index is 0.00893. The third-order valence-electron chi connectivity index (χ3n) is 2.38. The Morgan fingerprint density at radius 1 is 1.59 bits per heavy atom. The van der Waals surface area contributed by atoms with Gasteiger partial charge in [-0.2, -0.15) is 0 Å². The van der Waals surface area contributed by atoms with Crippen LogP contribution in [0, 0.1) is 0 Å². The zero-order valence-corrected chi connectivity index (χ0v) is 10.1. The van der Waals surface area contributed by atoms with Crippen LogP contribution >= 0.6 is 0 Å². The molecule has 0 saturated heterocycles. The van der Waals surface area contributed by atoms with Crippen molar-refractivity contribution in [3.05, 3.63) is 23.9 Å². The lowest BCUT2D eigenvalue weighted by molar-refractivity contribution is 0.205. The number of amidine groups is 1. The van der Waals surface area contributed by atoms with Crippen LogP contribution in [-0.4, -0.2) is 42.8 Å². The van der Waals surface area contributed by atoms with Gasteiger partial charge in [0.25, 0.3) is 0 Å². The lowest BCUT2D eigenvalue weighted by Crippen LogP contribution is -2.28. The highest BCUT2D eigenvalue weighted by molar-refractivity contribution is 5.95. The van der Waals surface area contributed by atoms with Crippen LogP contribution in [0.1, 0.15) is 12.6 Å². The Morgan fingerprint density at radius 2 is 2.35 bits per heavy atom. The van der Waals surface area contributed by atoms with E-state index in [9.17, 15) is 0 Å². The molecule has 0 amide bonds. The van der Waals surface area contributed by atoms with Gasteiger partial charge in [-0.15, -0.1) is 0 Å². The predicted octanol–water partition coefficient (Wildman–Crippen LogP) is 0.649. The predicted molar refractivity (Wildman–Crippen MR) is 66.5 cm³/mol. The first-order valence-electron chi connectivity index (χ1n) is 5.41. The molecular weight excluding hydrogens is 220 g/mol. The molecule has 17 heavy (non-hydrogen) atoms. The topological polar surface area (TPSA) is 84.0 Å². The molecule has 6 nitrogen and oxygen atoms in total. The summed E-state index contributed by atoms with van der Waals surface area (Å²) < 4.78 is 5.04. The van der Waals surface area contributed by atoms with Crippen LogP contribution in [-0.2, 0) is 4.74 Å². The van der Waals surface area contributed by atoms with Gasteiger partial charge >= 0.3 is 0 Å². The summed E-state index contributed by atoms with van der Waals surface area (Å²) in [4.78, 5) is 6.38. The van der Waals surface area contributed by atoms with E-state index < -0.39 is 0 Å². The number of hydrogen-bond donors (Lipinski definition) is 2. The normalized spacial score (nSPS) is 11.5. The number of likely N-dealkylation sites (N-methyl/N-ethyl adjacent to an activating group) is 1. The first kappa shape index (κ1) is 13.2. The molecule has 0 spiro atoms. The number of anilines is 1. The van der Waals surface area contributed by atoms with E-state index in [0.717, 1.165) is 18.9 Å². The highest BCUT2D eigenvalue weighted by Gasteiger charge is 2.08. The van der Waals surface area contributed by atoms with Crippen molar-refractivity contribution in [2.24, 2.45) is 10.9 Å². The van der Waals surface area contributed by atoms with Crippen molar-refractivity contribution in [2.75, 3.05) is 31.7 Å². The summed E-state index contributed by atoms with van der Waals surface area (Å²) in [5.74, 6) is 0.795. The molecule has 94 valence electrons. The van der Waals surface area contributed by atoms with Gasteiger partial charge in [-0.05, 0) is 19.1 Å². The van der Waals surface area contributed by atoms with Crippen molar-refractivity contribution in [3.63, 3.8) is 0 Å². The third-order valence-corrected chi connectivity index (χ3v) is 2.38. The molecule has 1 rings (SSSR count). The smallest absolute Gasteiger partial charge is 0.188 e. The monoisotopic (exact) mass is 238 g/mol. The quantitative estimate of drug-likeness (QED) is 0.329. The van der Waals surface area contributed by atoms with E-state index in [-0.39, 0.29) is 5.84 Å². The average Bonchev–Trinajstić information content (AvgIpc) is 2.39. The molecule has 6 heteroatoms. The van der Waals surface area contributed by atoms with Gasteiger partial charge in [-0.1, -0.05) is 11.2 Å². The van der Waals surface area contributed by atoms with Gasteiger partial charge in [0.05, 0.1) is 6.61 Å². The molecule has 0 saturated carbocycles. The average molecular weight is 238 g/mol. The summed E-state index contributed by atoms with van der Waals surface area (Å²) in [6.45, 7) is 4.23. The maximum absolute atomic E-state index is 8.61. The molecule has 1 aromatic heterocycles. The van der Waals surface area contributed by atoms with Crippen LogP contribution < -0.4 is 10.6 Å². The van der Waals surface area contributed by atoms with E-state index in [1.807, 2.05) is 19.1 Å². The van der Waals surface area contributed by atoms with Crippen molar-refractivity contribution in [3.8, 4) is 0 Å². The van der Waals surface area contributed by atoms with Crippen molar-refractivity contribution in [2.45, 2.75) is 6.92 Å². The van der Waals surface area contributed by atoms with Crippen molar-refractivity contribution < 1.29 is 9.94 Å². The molecule has 3 N–H and O–H groups in total. The van der Waals surface area contributed by atoms with E-state index in [1.54, 1.807) is 13.2 Å². The Hall–Kier alpha value is -1.82. The number of pyridine rings is 1. The maximum Gasteiger partial charge on any atom is 0.188 e. The van der Waals surface area contributed by atoms with Crippen molar-refractivity contribution in [1.29, 1.82) is 0 Å². The molecule has 0 aromatic carbocycles. The number of oxime groups is 1. The van der Waals surface area contributed by atoms with Crippen molar-refractivity contribution >= 4 is 11.7 Å². The van der Waals surface area contributed by atoms with Gasteiger partial charge in [-0.3, -0.25) is 0 Å². The highest BCUT2D eigenvalue weighted by atomic mass is 16.5. The zero-order valence-electron chi connectivity index (χ0n) is 10.1. The number of aromatic nitrogens is 1. The van der Waals surface area contributed by atoms with Gasteiger partial charge in [0.1, 0.15) is 11.5 Å². The molecule has 0 aliphatic rings. The van der Waals surface area contributed by atoms with Crippen LogP contribution in [0.5, 0.6) is 0 Å². The van der Waals surface area contributed by atoms with Gasteiger partial charge in [-0.25, -0.2) is 4.98 Å². The van der Waals surface area contributed by atoms with E-state index in [2.05, 4.69) is 15.0 Å². The lowest BCUT2D eigenvalue weighted by atomic mass is 10.3. The van der Waals surface area contributed by atoms with E-state index in [1.165, 1.54) is 0 Å². The SMILES string of the molecule is CCN(CCOC)c1cccc(C(N)=NO)n1. The number of methoxy groups -OCH3 is 1. The number of rotatable bonds is 6. The Balaban J connectivity index is 2.88. The molecule has 0 radical (unpaired) electrons. The van der Waals surface area contributed by atoms with Gasteiger partial charge in [0.15, 0.2) is 5.84 Å². The van der Waals surface area contributed by atoms with Gasteiger partial charge < -0.3 is 20.6 Å². The van der Waals surface area contributed by atoms with Crippen LogP contribution in [0.4, 0.5) is 5.82 Å². The summed E-state index contributed by atoms with van der Waals surface area (Å²) in [6.07, 6.45) is 0. The minimum Gasteiger partial charge on any atom is -0.409 e. The molecule has 0 unspecified atom stereocenters. The summed E-state index contributed by atoms with van der Waals surface area (Å²) >= 11 is 0. The standard InChI is InChI=1S/C11H18N4O2/c1-3-15(7-8-17-2)10-6-4-5-9(13-10)11(12)14-16/h4-6,16H,3,7-8H2,1-2H3,(H2,12,14). The van der Waals surface area contributed by atoms with E-state index in [4.69, 9.17) is 15.7 Å². The first-order valence-corrected chi connectivity index (χ1v) is 5.41. The number of ether oxygens (including phenoxy) is 1. The van der Waals surface area contributed by atoms with Crippen LogP contribution in [0.25, 0.3) is 0 Å². The Labute approximate surface area is 101 Å². The Morgan fingerprint density at radius 3 is 2.94 bits per heavy atom. The Bertz CT molecular complexity index is 381. The second-order valence-electron chi connectivity index (χ2n) is 3.44. The molecule has 1 aromatic rings. The summed E-state index contributed by atoms with van der Waals surface area (Å²) in [5.41, 5.74) is 5.96. The minimum atomic E-state index is 0.00893. The molecule has 0 aliphatic carbocycles. The van der Waals surface area contributed by atoms with Gasteiger partial charge in [0, 0.05) is 20.2 Å². The van der Waals surface area contributed by atoms with E-state index in [0.29, 0.717) is 12.3 Å². The van der Waals surface area contributed by atoms with Crippen LogP contribution in [0.2, 0.25) is 0 Å². The molecule has 0 aliphatic heterocycles. The zero-order chi connectivity index (χ0) is 12.7. The summed E-state index contributed by atoms with van der Waals surface area (Å²) in [7, 11) is 1.66. The van der Waals surface area contributed by atoms with Gasteiger partial charge in [0.2, 0.25) is 0 Å². The molecule has 1 heterocycles. The number of nitrogens with zero attached hydrogens (tertiary/aromatic N) is 3. The van der Waals surface area contributed by atoms with Crippen LogP contribution in [0.3, 0.4) is 0 Å². The first-order chi connectivity index (χ1) is 8.22. The summed E-state index contributed by atoms with van der Waals surface area (Å²) in [5, 5.41) is 11.5. The Kier molecular flexibility index (Phi) is 5.22. The number of nitrogens with two attached hydrogens (primary N) is 1. The third kappa shape index (κ3) is 3.60. The fourth-order valence-electron chi connectivity index (χ4n) is 1.43. The fourth-order valence-corrected chi connectivity index (χ4v) is 1.43. The largest absolute Gasteiger partial charge is 0.409 e. The second kappa shape index (κ2) is 6.70. The van der Waals surface area contributed by atoms with Crippen LogP contribution in [0.15, 0.2) is 23.4 Å². The molecule has 0 atom stereocenters. The molecule has 0 bridgehead atoms. The fraction of sp³-hybridized carbons (Fsp3) is 0.455. The molecular formula is C11H18N4O2. The molecule has 0 fully saturated rings. The number of hydrogen-bond acceptors (Lipinski definition) is 5. The lowest BCUT2D eigenvalue weighted by Gasteiger charge is -2.21. The van der Waals surface area contributed by atoms with Crippen molar-refractivity contribution in [1.82, 2.24) is 4.98 Å².